The Kier molecular flexibility index (Phi) is 4.64. The van der Waals surface area contributed by atoms with Crippen LogP contribution in [0.25, 0.3) is 5.69 Å². The van der Waals surface area contributed by atoms with Gasteiger partial charge in [0.2, 0.25) is 0 Å². The van der Waals surface area contributed by atoms with Crippen LogP contribution >= 0.6 is 0 Å². The molecule has 1 aromatic carbocycles. The number of carbonyl (C=O) groups is 1. The van der Waals surface area contributed by atoms with Gasteiger partial charge < -0.3 is 5.32 Å². The van der Waals surface area contributed by atoms with E-state index in [1.807, 2.05) is 32.0 Å². The maximum absolute atomic E-state index is 12.9. The Morgan fingerprint density at radius 3 is 2.59 bits per heavy atom. The summed E-state index contributed by atoms with van der Waals surface area (Å²) in [6.07, 6.45) is -0.362. The lowest BCUT2D eigenvalue weighted by molar-refractivity contribution is -0.141. The van der Waals surface area contributed by atoms with Crippen molar-refractivity contribution in [2.24, 2.45) is 0 Å². The van der Waals surface area contributed by atoms with E-state index in [1.54, 1.807) is 6.20 Å². The fraction of sp³-hybridized carbons (Fsp3) is 0.286. The monoisotopic (exact) mass is 400 g/mol. The Morgan fingerprint density at radius 1 is 1.17 bits per heavy atom. The van der Waals surface area contributed by atoms with Gasteiger partial charge in [-0.2, -0.15) is 18.3 Å². The second-order valence-electron chi connectivity index (χ2n) is 7.31. The zero-order valence-corrected chi connectivity index (χ0v) is 15.9. The van der Waals surface area contributed by atoms with Gasteiger partial charge in [-0.15, -0.1) is 0 Å². The lowest BCUT2D eigenvalue weighted by Crippen LogP contribution is -2.27. The predicted molar refractivity (Wildman–Crippen MR) is 101 cm³/mol. The number of aromatic nitrogens is 3. The minimum atomic E-state index is -4.52. The van der Waals surface area contributed by atoms with Gasteiger partial charge in [0.05, 0.1) is 17.4 Å². The van der Waals surface area contributed by atoms with E-state index in [-0.39, 0.29) is 17.6 Å². The molecule has 1 atom stereocenters. The number of fused-ring (bicyclic) bond motifs is 1. The van der Waals surface area contributed by atoms with Crippen molar-refractivity contribution in [1.82, 2.24) is 20.1 Å². The zero-order chi connectivity index (χ0) is 20.8. The second-order valence-corrected chi connectivity index (χ2v) is 7.31. The van der Waals surface area contributed by atoms with Gasteiger partial charge >= 0.3 is 6.18 Å². The van der Waals surface area contributed by atoms with Crippen molar-refractivity contribution in [1.29, 1.82) is 0 Å². The van der Waals surface area contributed by atoms with Gasteiger partial charge in [0.25, 0.3) is 5.91 Å². The highest BCUT2D eigenvalue weighted by Crippen LogP contribution is 2.32. The summed E-state index contributed by atoms with van der Waals surface area (Å²) in [6.45, 7) is 3.87. The zero-order valence-electron chi connectivity index (χ0n) is 15.9. The molecular weight excluding hydrogens is 381 g/mol. The second kappa shape index (κ2) is 7.02. The quantitative estimate of drug-likeness (QED) is 0.712. The number of alkyl halides is 3. The van der Waals surface area contributed by atoms with E-state index >= 15 is 0 Å². The summed E-state index contributed by atoms with van der Waals surface area (Å²) in [4.78, 5) is 16.1. The summed E-state index contributed by atoms with van der Waals surface area (Å²) < 4.78 is 40.2. The number of pyridine rings is 1. The van der Waals surface area contributed by atoms with Gasteiger partial charge in [0.1, 0.15) is 5.69 Å². The van der Waals surface area contributed by atoms with Crippen molar-refractivity contribution in [3.05, 3.63) is 76.4 Å². The number of nitrogens with zero attached hydrogens (tertiary/aromatic N) is 3. The lowest BCUT2D eigenvalue weighted by Gasteiger charge is -2.14. The van der Waals surface area contributed by atoms with Crippen LogP contribution in [-0.2, 0) is 12.6 Å². The minimum absolute atomic E-state index is 0.175. The topological polar surface area (TPSA) is 59.8 Å². The normalized spacial score (nSPS) is 16.0. The number of benzene rings is 1. The smallest absolute Gasteiger partial charge is 0.345 e. The van der Waals surface area contributed by atoms with Crippen LogP contribution in [0.15, 0.2) is 42.7 Å². The van der Waals surface area contributed by atoms with Crippen molar-refractivity contribution >= 4 is 5.91 Å². The highest BCUT2D eigenvalue weighted by Gasteiger charge is 2.33. The van der Waals surface area contributed by atoms with Gasteiger partial charge in [-0.05, 0) is 51.0 Å². The molecule has 1 unspecified atom stereocenters. The fourth-order valence-electron chi connectivity index (χ4n) is 3.69. The average Bonchev–Trinajstić information content (AvgIpc) is 3.22. The first-order valence-electron chi connectivity index (χ1n) is 9.22. The van der Waals surface area contributed by atoms with E-state index in [1.165, 1.54) is 10.7 Å². The van der Waals surface area contributed by atoms with Crippen LogP contribution in [0.3, 0.4) is 0 Å². The van der Waals surface area contributed by atoms with Gasteiger partial charge in [-0.3, -0.25) is 9.78 Å². The number of hydrogen-bond acceptors (Lipinski definition) is 3. The van der Waals surface area contributed by atoms with Crippen molar-refractivity contribution < 1.29 is 18.0 Å². The standard InChI is InChI=1S/C21H19F3N4O/c1-12-7-13(2)9-14(8-12)20(29)26-17-3-4-18-16(17)11-28(27-18)15-5-6-25-19(10-15)21(22,23)24/h5-11,17H,3-4H2,1-2H3,(H,26,29). The molecule has 1 aliphatic carbocycles. The number of halogens is 3. The van der Waals surface area contributed by atoms with Crippen LogP contribution in [0.4, 0.5) is 13.2 Å². The van der Waals surface area contributed by atoms with Crippen molar-refractivity contribution in [3.63, 3.8) is 0 Å². The summed E-state index contributed by atoms with van der Waals surface area (Å²) in [5.74, 6) is -0.175. The molecule has 3 aromatic rings. The Hall–Kier alpha value is -3.16. The molecule has 0 spiro atoms. The molecule has 5 nitrogen and oxygen atoms in total. The highest BCUT2D eigenvalue weighted by molar-refractivity contribution is 5.94. The third-order valence-electron chi connectivity index (χ3n) is 4.96. The van der Waals surface area contributed by atoms with Crippen molar-refractivity contribution in [2.75, 3.05) is 0 Å². The third-order valence-corrected chi connectivity index (χ3v) is 4.96. The fourth-order valence-corrected chi connectivity index (χ4v) is 3.69. The first-order valence-corrected chi connectivity index (χ1v) is 9.22. The SMILES string of the molecule is Cc1cc(C)cc(C(=O)NC2CCc3nn(-c4ccnc(C(F)(F)F)c4)cc32)c1. The van der Waals surface area contributed by atoms with E-state index in [2.05, 4.69) is 15.4 Å². The maximum atomic E-state index is 12.9. The van der Waals surface area contributed by atoms with E-state index in [0.717, 1.165) is 34.6 Å². The van der Waals surface area contributed by atoms with Crippen LogP contribution in [0.1, 0.15) is 50.9 Å². The van der Waals surface area contributed by atoms with Crippen LogP contribution in [0.5, 0.6) is 0 Å². The predicted octanol–water partition coefficient (Wildman–Crippen LogP) is 4.32. The average molecular weight is 400 g/mol. The molecule has 1 amide bonds. The molecule has 0 bridgehead atoms. The Labute approximate surface area is 165 Å². The molecule has 150 valence electrons. The first-order chi connectivity index (χ1) is 13.7. The summed E-state index contributed by atoms with van der Waals surface area (Å²) in [6, 6.07) is 7.87. The van der Waals surface area contributed by atoms with Gasteiger partial charge in [-0.1, -0.05) is 17.2 Å². The number of nitrogens with one attached hydrogen (secondary N) is 1. The molecule has 0 fully saturated rings. The molecule has 0 saturated carbocycles. The lowest BCUT2D eigenvalue weighted by atomic mass is 10.1. The van der Waals surface area contributed by atoms with Gasteiger partial charge in [0.15, 0.2) is 0 Å². The van der Waals surface area contributed by atoms with E-state index in [4.69, 9.17) is 0 Å². The molecule has 8 heteroatoms. The number of carbonyl (C=O) groups excluding carboxylic acids is 1. The number of rotatable bonds is 3. The molecule has 0 aliphatic heterocycles. The Balaban J connectivity index is 1.57. The Morgan fingerprint density at radius 2 is 1.90 bits per heavy atom. The van der Waals surface area contributed by atoms with Crippen LogP contribution in [-0.4, -0.2) is 20.7 Å². The molecule has 1 aliphatic rings. The van der Waals surface area contributed by atoms with E-state index in [9.17, 15) is 18.0 Å². The van der Waals surface area contributed by atoms with E-state index < -0.39 is 11.9 Å². The largest absolute Gasteiger partial charge is 0.433 e. The number of aryl methyl sites for hydroxylation is 3. The summed E-state index contributed by atoms with van der Waals surface area (Å²) in [7, 11) is 0. The molecule has 29 heavy (non-hydrogen) atoms. The molecule has 1 N–H and O–H groups in total. The molecule has 2 aromatic heterocycles. The van der Waals surface area contributed by atoms with Crippen LogP contribution < -0.4 is 5.32 Å². The van der Waals surface area contributed by atoms with Gasteiger partial charge in [-0.25, -0.2) is 4.68 Å². The Bertz CT molecular complexity index is 1070. The summed E-state index contributed by atoms with van der Waals surface area (Å²) in [5.41, 5.74) is 3.52. The summed E-state index contributed by atoms with van der Waals surface area (Å²) >= 11 is 0. The van der Waals surface area contributed by atoms with Crippen LogP contribution in [0, 0.1) is 13.8 Å². The van der Waals surface area contributed by atoms with Crippen LogP contribution in [0.2, 0.25) is 0 Å². The molecular formula is C21H19F3N4O. The highest BCUT2D eigenvalue weighted by atomic mass is 19.4. The van der Waals surface area contributed by atoms with Gasteiger partial charge in [0, 0.05) is 23.5 Å². The minimum Gasteiger partial charge on any atom is -0.345 e. The number of hydrogen-bond donors (Lipinski definition) is 1. The number of amides is 1. The van der Waals surface area contributed by atoms with Crippen molar-refractivity contribution in [2.45, 2.75) is 38.9 Å². The summed E-state index contributed by atoms with van der Waals surface area (Å²) in [5, 5.41) is 7.43. The molecule has 0 saturated heterocycles. The molecule has 2 heterocycles. The molecule has 4 rings (SSSR count). The first kappa shape index (κ1) is 19.2. The molecule has 0 radical (unpaired) electrons. The maximum Gasteiger partial charge on any atom is 0.433 e. The van der Waals surface area contributed by atoms with Crippen molar-refractivity contribution in [3.8, 4) is 5.69 Å². The third kappa shape index (κ3) is 3.87. The van der Waals surface area contributed by atoms with E-state index in [0.29, 0.717) is 18.4 Å².